The Labute approximate surface area is 172 Å². The molecule has 0 saturated heterocycles. The summed E-state index contributed by atoms with van der Waals surface area (Å²) in [6.45, 7) is 2.28. The molecule has 0 heterocycles. The van der Waals surface area contributed by atoms with Crippen molar-refractivity contribution in [1.29, 1.82) is 0 Å². The van der Waals surface area contributed by atoms with E-state index in [1.165, 1.54) is 88.3 Å². The van der Waals surface area contributed by atoms with Crippen LogP contribution in [0, 0.1) is 0 Å². The van der Waals surface area contributed by atoms with Gasteiger partial charge in [-0.05, 0) is 48.7 Å². The third kappa shape index (κ3) is 9.30. The normalized spacial score (nSPS) is 10.9. The van der Waals surface area contributed by atoms with Gasteiger partial charge in [0.25, 0.3) is 0 Å². The Morgan fingerprint density at radius 2 is 1.18 bits per heavy atom. The first-order chi connectivity index (χ1) is 13.8. The zero-order valence-electron chi connectivity index (χ0n) is 17.8. The van der Waals surface area contributed by atoms with Crippen LogP contribution in [0.4, 0.5) is 11.4 Å². The van der Waals surface area contributed by atoms with Crippen LogP contribution in [0.2, 0.25) is 0 Å². The van der Waals surface area contributed by atoms with Crippen LogP contribution in [0.3, 0.4) is 0 Å². The van der Waals surface area contributed by atoms with Gasteiger partial charge in [-0.3, -0.25) is 0 Å². The molecule has 28 heavy (non-hydrogen) atoms. The minimum absolute atomic E-state index is 0.301. The van der Waals surface area contributed by atoms with Crippen LogP contribution in [-0.2, 0) is 6.42 Å². The zero-order valence-corrected chi connectivity index (χ0v) is 17.8. The maximum atomic E-state index is 9.43. The summed E-state index contributed by atoms with van der Waals surface area (Å²) in [5.41, 5.74) is 3.57. The standard InChI is InChI=1S/C26H39NO/c1-2-3-4-5-6-7-8-9-10-11-12-13-16-23-17-14-15-18-26(23)27-24-19-21-25(28)22-20-24/h14-15,17-22,27-28H,2-13,16H2,1H3. The highest BCUT2D eigenvalue weighted by molar-refractivity contribution is 5.63. The fraction of sp³-hybridized carbons (Fsp3) is 0.538. The predicted molar refractivity (Wildman–Crippen MR) is 123 cm³/mol. The second-order valence-corrected chi connectivity index (χ2v) is 7.97. The van der Waals surface area contributed by atoms with Crippen molar-refractivity contribution >= 4 is 11.4 Å². The average Bonchev–Trinajstić information content (AvgIpc) is 2.71. The summed E-state index contributed by atoms with van der Waals surface area (Å²) in [7, 11) is 0. The summed E-state index contributed by atoms with van der Waals surface area (Å²) in [6, 6.07) is 15.8. The van der Waals surface area contributed by atoms with Gasteiger partial charge in [0, 0.05) is 11.4 Å². The maximum absolute atomic E-state index is 9.43. The van der Waals surface area contributed by atoms with Crippen LogP contribution in [0.25, 0.3) is 0 Å². The number of hydrogen-bond acceptors (Lipinski definition) is 2. The van der Waals surface area contributed by atoms with Gasteiger partial charge in [0.2, 0.25) is 0 Å². The van der Waals surface area contributed by atoms with E-state index >= 15 is 0 Å². The molecule has 2 rings (SSSR count). The lowest BCUT2D eigenvalue weighted by atomic mass is 10.0. The SMILES string of the molecule is CCCCCCCCCCCCCCc1ccccc1Nc1ccc(O)cc1. The van der Waals surface area contributed by atoms with E-state index in [2.05, 4.69) is 36.5 Å². The van der Waals surface area contributed by atoms with Crippen molar-refractivity contribution in [3.05, 3.63) is 54.1 Å². The van der Waals surface area contributed by atoms with E-state index in [0.29, 0.717) is 5.75 Å². The average molecular weight is 382 g/mol. The van der Waals surface area contributed by atoms with Gasteiger partial charge in [0.15, 0.2) is 0 Å². The van der Waals surface area contributed by atoms with Gasteiger partial charge in [0.1, 0.15) is 5.75 Å². The first-order valence-electron chi connectivity index (χ1n) is 11.4. The molecule has 2 nitrogen and oxygen atoms in total. The fourth-order valence-corrected chi connectivity index (χ4v) is 3.72. The Bertz CT molecular complexity index is 635. The lowest BCUT2D eigenvalue weighted by Gasteiger charge is -2.12. The van der Waals surface area contributed by atoms with E-state index in [1.54, 1.807) is 12.1 Å². The number of hydrogen-bond donors (Lipinski definition) is 2. The summed E-state index contributed by atoms with van der Waals surface area (Å²) in [5, 5.41) is 12.9. The summed E-state index contributed by atoms with van der Waals surface area (Å²) >= 11 is 0. The maximum Gasteiger partial charge on any atom is 0.115 e. The summed E-state index contributed by atoms with van der Waals surface area (Å²) in [6.07, 6.45) is 17.8. The van der Waals surface area contributed by atoms with Crippen molar-refractivity contribution in [3.63, 3.8) is 0 Å². The summed E-state index contributed by atoms with van der Waals surface area (Å²) < 4.78 is 0. The molecular formula is C26H39NO. The fourth-order valence-electron chi connectivity index (χ4n) is 3.72. The van der Waals surface area contributed by atoms with Crippen LogP contribution in [0.15, 0.2) is 48.5 Å². The van der Waals surface area contributed by atoms with Crippen LogP contribution in [0.5, 0.6) is 5.75 Å². The molecule has 0 amide bonds. The van der Waals surface area contributed by atoms with E-state index < -0.39 is 0 Å². The van der Waals surface area contributed by atoms with Crippen molar-refractivity contribution in [1.82, 2.24) is 0 Å². The summed E-state index contributed by atoms with van der Waals surface area (Å²) in [4.78, 5) is 0. The number of para-hydroxylation sites is 1. The lowest BCUT2D eigenvalue weighted by molar-refractivity contribution is 0.475. The molecule has 2 heteroatoms. The van der Waals surface area contributed by atoms with Crippen LogP contribution >= 0.6 is 0 Å². The Morgan fingerprint density at radius 1 is 0.643 bits per heavy atom. The van der Waals surface area contributed by atoms with E-state index in [1.807, 2.05) is 12.1 Å². The lowest BCUT2D eigenvalue weighted by Crippen LogP contribution is -1.96. The molecule has 0 aliphatic heterocycles. The minimum atomic E-state index is 0.301. The number of phenols is 1. The molecule has 0 spiro atoms. The minimum Gasteiger partial charge on any atom is -0.508 e. The molecule has 0 atom stereocenters. The molecule has 0 fully saturated rings. The van der Waals surface area contributed by atoms with Crippen LogP contribution in [-0.4, -0.2) is 5.11 Å². The van der Waals surface area contributed by atoms with Crippen molar-refractivity contribution in [2.24, 2.45) is 0 Å². The highest BCUT2D eigenvalue weighted by Crippen LogP contribution is 2.24. The number of phenolic OH excluding ortho intramolecular Hbond substituents is 1. The van der Waals surface area contributed by atoms with Gasteiger partial charge in [-0.1, -0.05) is 95.8 Å². The van der Waals surface area contributed by atoms with Crippen molar-refractivity contribution < 1.29 is 5.11 Å². The first-order valence-corrected chi connectivity index (χ1v) is 11.4. The Hall–Kier alpha value is -1.96. The summed E-state index contributed by atoms with van der Waals surface area (Å²) in [5.74, 6) is 0.301. The molecule has 154 valence electrons. The molecule has 0 aromatic heterocycles. The first kappa shape index (κ1) is 22.3. The number of nitrogens with one attached hydrogen (secondary N) is 1. The molecule has 0 aliphatic rings. The van der Waals surface area contributed by atoms with Gasteiger partial charge in [-0.2, -0.15) is 0 Å². The second-order valence-electron chi connectivity index (χ2n) is 7.97. The van der Waals surface area contributed by atoms with Gasteiger partial charge < -0.3 is 10.4 Å². The van der Waals surface area contributed by atoms with E-state index in [-0.39, 0.29) is 0 Å². The smallest absolute Gasteiger partial charge is 0.115 e. The predicted octanol–water partition coefficient (Wildman–Crippen LogP) is 8.38. The monoisotopic (exact) mass is 381 g/mol. The van der Waals surface area contributed by atoms with Gasteiger partial charge in [0.05, 0.1) is 0 Å². The Balaban J connectivity index is 1.57. The van der Waals surface area contributed by atoms with Gasteiger partial charge in [-0.15, -0.1) is 0 Å². The molecular weight excluding hydrogens is 342 g/mol. The largest absolute Gasteiger partial charge is 0.508 e. The zero-order chi connectivity index (χ0) is 19.9. The van der Waals surface area contributed by atoms with Crippen molar-refractivity contribution in [2.45, 2.75) is 90.4 Å². The highest BCUT2D eigenvalue weighted by atomic mass is 16.3. The molecule has 0 unspecified atom stereocenters. The topological polar surface area (TPSA) is 32.3 Å². The van der Waals surface area contributed by atoms with Crippen LogP contribution in [0.1, 0.15) is 89.5 Å². The Morgan fingerprint density at radius 3 is 1.79 bits per heavy atom. The quantitative estimate of drug-likeness (QED) is 0.240. The molecule has 0 bridgehead atoms. The number of aromatic hydroxyl groups is 1. The van der Waals surface area contributed by atoms with E-state index in [9.17, 15) is 5.11 Å². The molecule has 0 aliphatic carbocycles. The second kappa shape index (κ2) is 14.1. The number of anilines is 2. The Kier molecular flexibility index (Phi) is 11.2. The van der Waals surface area contributed by atoms with E-state index in [0.717, 1.165) is 12.1 Å². The molecule has 0 saturated carbocycles. The number of unbranched alkanes of at least 4 members (excludes halogenated alkanes) is 11. The third-order valence-electron chi connectivity index (χ3n) is 5.46. The van der Waals surface area contributed by atoms with Crippen molar-refractivity contribution in [2.75, 3.05) is 5.32 Å². The van der Waals surface area contributed by atoms with E-state index in [4.69, 9.17) is 0 Å². The number of aryl methyl sites for hydroxylation is 1. The molecule has 2 N–H and O–H groups in total. The molecule has 2 aromatic rings. The third-order valence-corrected chi connectivity index (χ3v) is 5.46. The van der Waals surface area contributed by atoms with Gasteiger partial charge in [-0.25, -0.2) is 0 Å². The van der Waals surface area contributed by atoms with Crippen LogP contribution < -0.4 is 5.32 Å². The number of rotatable bonds is 15. The molecule has 0 radical (unpaired) electrons. The highest BCUT2D eigenvalue weighted by Gasteiger charge is 2.03. The van der Waals surface area contributed by atoms with Crippen molar-refractivity contribution in [3.8, 4) is 5.75 Å². The molecule has 2 aromatic carbocycles. The number of benzene rings is 2. The van der Waals surface area contributed by atoms with Gasteiger partial charge >= 0.3 is 0 Å².